The van der Waals surface area contributed by atoms with Crippen molar-refractivity contribution in [2.24, 2.45) is 0 Å². The number of hydrogen-bond donors (Lipinski definition) is 3. The standard InChI is InChI=1S/C21H27N7O3/c29-18(19(30)25-20-24-14-28(26-20)17-5-2-1-3-6-17)23-13-15-7-9-16(10-8-15)27-12-4-11-22-21(27)31/h7-10,14,17H,1-6,11-13H2,(H,22,31)(H,23,29)(H,25,26,30). The van der Waals surface area contributed by atoms with Gasteiger partial charge in [-0.2, -0.15) is 0 Å². The number of carbonyl (C=O) groups excluding carboxylic acids is 3. The normalized spacial score (nSPS) is 17.2. The summed E-state index contributed by atoms with van der Waals surface area (Å²) in [6.07, 6.45) is 8.18. The van der Waals surface area contributed by atoms with Crippen LogP contribution in [0.1, 0.15) is 50.1 Å². The third kappa shape index (κ3) is 5.19. The maximum Gasteiger partial charge on any atom is 0.321 e. The molecule has 2 fully saturated rings. The number of hydrogen-bond acceptors (Lipinski definition) is 5. The molecule has 3 N–H and O–H groups in total. The van der Waals surface area contributed by atoms with Crippen LogP contribution in [0, 0.1) is 0 Å². The van der Waals surface area contributed by atoms with Gasteiger partial charge in [0.25, 0.3) is 0 Å². The fourth-order valence-corrected chi connectivity index (χ4v) is 3.94. The van der Waals surface area contributed by atoms with Gasteiger partial charge >= 0.3 is 17.8 Å². The van der Waals surface area contributed by atoms with Crippen LogP contribution in [-0.4, -0.2) is 45.7 Å². The predicted molar refractivity (Wildman–Crippen MR) is 114 cm³/mol. The summed E-state index contributed by atoms with van der Waals surface area (Å²) in [5.41, 5.74) is 1.62. The molecule has 4 amide bonds. The van der Waals surface area contributed by atoms with Crippen molar-refractivity contribution < 1.29 is 14.4 Å². The predicted octanol–water partition coefficient (Wildman–Crippen LogP) is 1.96. The average molecular weight is 425 g/mol. The number of carbonyl (C=O) groups is 3. The van der Waals surface area contributed by atoms with E-state index >= 15 is 0 Å². The summed E-state index contributed by atoms with van der Waals surface area (Å²) < 4.78 is 1.77. The maximum atomic E-state index is 12.2. The van der Waals surface area contributed by atoms with Gasteiger partial charge in [-0.3, -0.25) is 19.8 Å². The van der Waals surface area contributed by atoms with Crippen molar-refractivity contribution in [3.05, 3.63) is 36.2 Å². The monoisotopic (exact) mass is 425 g/mol. The number of aromatic nitrogens is 3. The van der Waals surface area contributed by atoms with Gasteiger partial charge in [-0.25, -0.2) is 14.5 Å². The lowest BCUT2D eigenvalue weighted by atomic mass is 9.96. The smallest absolute Gasteiger partial charge is 0.321 e. The lowest BCUT2D eigenvalue weighted by Crippen LogP contribution is -2.46. The second kappa shape index (κ2) is 9.59. The molecule has 1 aliphatic carbocycles. The summed E-state index contributed by atoms with van der Waals surface area (Å²) in [6, 6.07) is 7.50. The maximum absolute atomic E-state index is 12.2. The molecule has 2 aliphatic rings. The number of urea groups is 1. The van der Waals surface area contributed by atoms with Crippen LogP contribution in [0.25, 0.3) is 0 Å². The Kier molecular flexibility index (Phi) is 6.44. The number of nitrogens with zero attached hydrogens (tertiary/aromatic N) is 4. The van der Waals surface area contributed by atoms with E-state index in [1.165, 1.54) is 19.3 Å². The van der Waals surface area contributed by atoms with Crippen molar-refractivity contribution in [1.82, 2.24) is 25.4 Å². The highest BCUT2D eigenvalue weighted by atomic mass is 16.2. The lowest BCUT2D eigenvalue weighted by molar-refractivity contribution is -0.136. The third-order valence-corrected chi connectivity index (χ3v) is 5.67. The zero-order valence-corrected chi connectivity index (χ0v) is 17.3. The first kappa shape index (κ1) is 20.8. The first-order valence-electron chi connectivity index (χ1n) is 10.7. The van der Waals surface area contributed by atoms with Crippen LogP contribution >= 0.6 is 0 Å². The minimum absolute atomic E-state index is 0.108. The molecule has 1 saturated heterocycles. The number of amides is 4. The van der Waals surface area contributed by atoms with E-state index in [2.05, 4.69) is 26.0 Å². The van der Waals surface area contributed by atoms with E-state index in [9.17, 15) is 14.4 Å². The molecule has 2 aromatic rings. The minimum Gasteiger partial charge on any atom is -0.344 e. The number of nitrogens with one attached hydrogen (secondary N) is 3. The summed E-state index contributed by atoms with van der Waals surface area (Å²) in [7, 11) is 0. The average Bonchev–Trinajstić information content (AvgIpc) is 3.27. The SMILES string of the molecule is O=C(NCc1ccc(N2CCCNC2=O)cc1)C(=O)Nc1ncn(C2CCCCC2)n1. The topological polar surface area (TPSA) is 121 Å². The summed E-state index contributed by atoms with van der Waals surface area (Å²) in [6.45, 7) is 1.56. The van der Waals surface area contributed by atoms with Crippen LogP contribution in [0.15, 0.2) is 30.6 Å². The molecule has 164 valence electrons. The van der Waals surface area contributed by atoms with Gasteiger partial charge in [0.2, 0.25) is 5.95 Å². The van der Waals surface area contributed by atoms with Gasteiger partial charge in [-0.05, 0) is 37.0 Å². The van der Waals surface area contributed by atoms with E-state index in [4.69, 9.17) is 0 Å². The van der Waals surface area contributed by atoms with Gasteiger partial charge in [0.05, 0.1) is 6.04 Å². The van der Waals surface area contributed by atoms with Crippen molar-refractivity contribution in [2.75, 3.05) is 23.3 Å². The van der Waals surface area contributed by atoms with E-state index in [0.717, 1.165) is 30.5 Å². The summed E-state index contributed by atoms with van der Waals surface area (Å²) in [5.74, 6) is -1.42. The number of anilines is 2. The summed E-state index contributed by atoms with van der Waals surface area (Å²) in [4.78, 5) is 42.0. The molecule has 10 heteroatoms. The molecule has 0 atom stereocenters. The fourth-order valence-electron chi connectivity index (χ4n) is 3.94. The van der Waals surface area contributed by atoms with E-state index in [-0.39, 0.29) is 18.5 Å². The molecule has 10 nitrogen and oxygen atoms in total. The lowest BCUT2D eigenvalue weighted by Gasteiger charge is -2.27. The van der Waals surface area contributed by atoms with Gasteiger partial charge in [-0.1, -0.05) is 31.4 Å². The molecule has 0 spiro atoms. The van der Waals surface area contributed by atoms with Crippen LogP contribution in [0.2, 0.25) is 0 Å². The molecule has 1 aliphatic heterocycles. The van der Waals surface area contributed by atoms with Crippen LogP contribution in [-0.2, 0) is 16.1 Å². The Bertz CT molecular complexity index is 935. The van der Waals surface area contributed by atoms with Gasteiger partial charge in [0.1, 0.15) is 6.33 Å². The molecule has 0 bridgehead atoms. The Morgan fingerprint density at radius 2 is 1.84 bits per heavy atom. The van der Waals surface area contributed by atoms with Gasteiger partial charge in [-0.15, -0.1) is 5.10 Å². The Labute approximate surface area is 180 Å². The highest BCUT2D eigenvalue weighted by molar-refractivity contribution is 6.39. The fraction of sp³-hybridized carbons (Fsp3) is 0.476. The molecule has 31 heavy (non-hydrogen) atoms. The molecule has 1 aromatic heterocycles. The molecule has 1 aromatic carbocycles. The largest absolute Gasteiger partial charge is 0.344 e. The zero-order valence-electron chi connectivity index (χ0n) is 17.3. The third-order valence-electron chi connectivity index (χ3n) is 5.67. The van der Waals surface area contributed by atoms with Crippen molar-refractivity contribution >= 4 is 29.5 Å². The number of rotatable bonds is 5. The quantitative estimate of drug-likeness (QED) is 0.632. The van der Waals surface area contributed by atoms with E-state index in [0.29, 0.717) is 19.1 Å². The van der Waals surface area contributed by atoms with Crippen molar-refractivity contribution in [3.63, 3.8) is 0 Å². The molecule has 0 radical (unpaired) electrons. The first-order valence-corrected chi connectivity index (χ1v) is 10.7. The Morgan fingerprint density at radius 3 is 2.58 bits per heavy atom. The zero-order chi connectivity index (χ0) is 21.6. The molecular formula is C21H27N7O3. The van der Waals surface area contributed by atoms with E-state index in [1.807, 2.05) is 24.3 Å². The molecular weight excluding hydrogens is 398 g/mol. The highest BCUT2D eigenvalue weighted by Gasteiger charge is 2.20. The van der Waals surface area contributed by atoms with Crippen LogP contribution < -0.4 is 20.9 Å². The summed E-state index contributed by atoms with van der Waals surface area (Å²) >= 11 is 0. The van der Waals surface area contributed by atoms with Gasteiger partial charge in [0, 0.05) is 25.3 Å². The molecule has 2 heterocycles. The van der Waals surface area contributed by atoms with E-state index in [1.54, 1.807) is 15.9 Å². The second-order valence-corrected chi connectivity index (χ2v) is 7.88. The second-order valence-electron chi connectivity index (χ2n) is 7.88. The highest BCUT2D eigenvalue weighted by Crippen LogP contribution is 2.27. The molecule has 1 saturated carbocycles. The Balaban J connectivity index is 1.26. The van der Waals surface area contributed by atoms with Crippen molar-refractivity contribution in [3.8, 4) is 0 Å². The van der Waals surface area contributed by atoms with Crippen LogP contribution in [0.3, 0.4) is 0 Å². The van der Waals surface area contributed by atoms with Crippen LogP contribution in [0.5, 0.6) is 0 Å². The summed E-state index contributed by atoms with van der Waals surface area (Å²) in [5, 5.41) is 12.1. The molecule has 4 rings (SSSR count). The first-order chi connectivity index (χ1) is 15.1. The minimum atomic E-state index is -0.803. The molecule has 0 unspecified atom stereocenters. The van der Waals surface area contributed by atoms with E-state index < -0.39 is 11.8 Å². The van der Waals surface area contributed by atoms with Gasteiger partial charge in [0.15, 0.2) is 0 Å². The Hall–Kier alpha value is -3.43. The van der Waals surface area contributed by atoms with Crippen molar-refractivity contribution in [1.29, 1.82) is 0 Å². The number of benzene rings is 1. The Morgan fingerprint density at radius 1 is 1.06 bits per heavy atom. The van der Waals surface area contributed by atoms with Crippen molar-refractivity contribution in [2.45, 2.75) is 51.1 Å². The van der Waals surface area contributed by atoms with Gasteiger partial charge < -0.3 is 10.6 Å². The van der Waals surface area contributed by atoms with Crippen LogP contribution in [0.4, 0.5) is 16.4 Å².